The number of benzene rings is 2. The Morgan fingerprint density at radius 2 is 1.65 bits per heavy atom. The van der Waals surface area contributed by atoms with E-state index in [-0.39, 0.29) is 37.0 Å². The van der Waals surface area contributed by atoms with E-state index in [2.05, 4.69) is 14.7 Å². The number of hydrogen-bond donors (Lipinski definition) is 0. The van der Waals surface area contributed by atoms with Crippen molar-refractivity contribution < 1.29 is 23.9 Å². The third-order valence-corrected chi connectivity index (χ3v) is 6.47. The lowest BCUT2D eigenvalue weighted by atomic mass is 10.1. The summed E-state index contributed by atoms with van der Waals surface area (Å²) < 4.78 is 11.6. The number of nitrogens with zero attached hydrogens (tertiary/aromatic N) is 4. The highest BCUT2D eigenvalue weighted by Crippen LogP contribution is 2.28. The minimum atomic E-state index is -0.452. The van der Waals surface area contributed by atoms with Crippen molar-refractivity contribution in [1.82, 2.24) is 14.7 Å². The molecule has 9 nitrogen and oxygen atoms in total. The molecule has 0 spiro atoms. The molecule has 0 unspecified atom stereocenters. The third-order valence-electron chi connectivity index (χ3n) is 6.47. The number of piperazine rings is 1. The molecule has 2 aromatic carbocycles. The van der Waals surface area contributed by atoms with Crippen LogP contribution in [0, 0.1) is 6.92 Å². The fourth-order valence-electron chi connectivity index (χ4n) is 4.40. The number of aromatic nitrogens is 2. The molecule has 0 atom stereocenters. The zero-order valence-corrected chi connectivity index (χ0v) is 21.5. The largest absolute Gasteiger partial charge is 0.469 e. The zero-order chi connectivity index (χ0) is 26.4. The van der Waals surface area contributed by atoms with Gasteiger partial charge in [0.25, 0.3) is 0 Å². The number of para-hydroxylation sites is 1. The van der Waals surface area contributed by atoms with Gasteiger partial charge in [-0.3, -0.25) is 9.59 Å². The molecule has 0 N–H and O–H groups in total. The Morgan fingerprint density at radius 1 is 0.946 bits per heavy atom. The van der Waals surface area contributed by atoms with E-state index in [9.17, 15) is 14.4 Å². The number of anilines is 1. The van der Waals surface area contributed by atoms with E-state index in [0.29, 0.717) is 26.2 Å². The van der Waals surface area contributed by atoms with Gasteiger partial charge in [-0.2, -0.15) is 5.10 Å². The van der Waals surface area contributed by atoms with Crippen LogP contribution in [-0.4, -0.2) is 72.4 Å². The lowest BCUT2D eigenvalue weighted by Gasteiger charge is -2.36. The summed E-state index contributed by atoms with van der Waals surface area (Å²) in [5, 5.41) is 4.57. The molecule has 0 saturated carbocycles. The van der Waals surface area contributed by atoms with Crippen molar-refractivity contribution in [2.45, 2.75) is 26.7 Å². The SMILES string of the molecule is CCOC(=O)c1cc(-c2ccc(N3CCN(C(=O)CCC(=O)OC)CC3)cc2)n(-c2ccccc2C)n1. The van der Waals surface area contributed by atoms with Crippen LogP contribution in [0.4, 0.5) is 5.69 Å². The maximum atomic E-state index is 12.4. The first-order chi connectivity index (χ1) is 17.9. The summed E-state index contributed by atoms with van der Waals surface area (Å²) in [5.41, 5.74) is 4.97. The fourth-order valence-corrected chi connectivity index (χ4v) is 4.40. The predicted octanol–water partition coefficient (Wildman–Crippen LogP) is 3.63. The van der Waals surface area contributed by atoms with Crippen molar-refractivity contribution in [3.63, 3.8) is 0 Å². The average molecular weight is 505 g/mol. The number of ether oxygens (including phenoxy) is 2. The first-order valence-corrected chi connectivity index (χ1v) is 12.4. The van der Waals surface area contributed by atoms with Crippen molar-refractivity contribution >= 4 is 23.5 Å². The maximum absolute atomic E-state index is 12.4. The van der Waals surface area contributed by atoms with Crippen molar-refractivity contribution in [1.29, 1.82) is 0 Å². The standard InChI is InChI=1S/C28H32N4O5/c1-4-37-28(35)23-19-25(32(29-23)24-8-6-5-7-20(24)2)21-9-11-22(12-10-21)30-15-17-31(18-16-30)26(33)13-14-27(34)36-3/h5-12,19H,4,13-18H2,1-3H3. The Bertz CT molecular complexity index is 1260. The lowest BCUT2D eigenvalue weighted by molar-refractivity contribution is -0.143. The molecule has 9 heteroatoms. The van der Waals surface area contributed by atoms with Crippen LogP contribution in [0.3, 0.4) is 0 Å². The molecule has 0 bridgehead atoms. The summed E-state index contributed by atoms with van der Waals surface area (Å²) in [6, 6.07) is 17.8. The highest BCUT2D eigenvalue weighted by molar-refractivity contribution is 5.89. The van der Waals surface area contributed by atoms with Crippen LogP contribution in [0.2, 0.25) is 0 Å². The van der Waals surface area contributed by atoms with Gasteiger partial charge in [0.05, 0.1) is 31.5 Å². The highest BCUT2D eigenvalue weighted by Gasteiger charge is 2.23. The second-order valence-electron chi connectivity index (χ2n) is 8.82. The highest BCUT2D eigenvalue weighted by atomic mass is 16.5. The molecule has 2 heterocycles. The van der Waals surface area contributed by atoms with Gasteiger partial charge in [-0.1, -0.05) is 30.3 Å². The third kappa shape index (κ3) is 5.99. The van der Waals surface area contributed by atoms with E-state index >= 15 is 0 Å². The number of carbonyl (C=O) groups excluding carboxylic acids is 3. The average Bonchev–Trinajstić information content (AvgIpc) is 3.37. The minimum absolute atomic E-state index is 0.0257. The van der Waals surface area contributed by atoms with Gasteiger partial charge >= 0.3 is 11.9 Å². The molecule has 1 aliphatic heterocycles. The number of methoxy groups -OCH3 is 1. The molecule has 194 valence electrons. The Morgan fingerprint density at radius 3 is 2.30 bits per heavy atom. The number of esters is 2. The van der Waals surface area contributed by atoms with E-state index in [4.69, 9.17) is 4.74 Å². The zero-order valence-electron chi connectivity index (χ0n) is 21.5. The van der Waals surface area contributed by atoms with E-state index < -0.39 is 5.97 Å². The molecular weight excluding hydrogens is 472 g/mol. The Hall–Kier alpha value is -4.14. The maximum Gasteiger partial charge on any atom is 0.358 e. The molecular formula is C28H32N4O5. The fraction of sp³-hybridized carbons (Fsp3) is 0.357. The molecule has 0 aliphatic carbocycles. The second kappa shape index (κ2) is 11.7. The van der Waals surface area contributed by atoms with Crippen molar-refractivity contribution in [2.75, 3.05) is 44.8 Å². The van der Waals surface area contributed by atoms with E-state index in [1.807, 2.05) is 55.5 Å². The van der Waals surface area contributed by atoms with Crippen LogP contribution >= 0.6 is 0 Å². The Balaban J connectivity index is 1.50. The van der Waals surface area contributed by atoms with Crippen molar-refractivity contribution in [2.24, 2.45) is 0 Å². The number of carbonyl (C=O) groups is 3. The minimum Gasteiger partial charge on any atom is -0.469 e. The van der Waals surface area contributed by atoms with Crippen LogP contribution in [0.5, 0.6) is 0 Å². The van der Waals surface area contributed by atoms with Gasteiger partial charge in [-0.25, -0.2) is 9.48 Å². The molecule has 1 aliphatic rings. The van der Waals surface area contributed by atoms with Gasteiger partial charge in [-0.05, 0) is 43.7 Å². The van der Waals surface area contributed by atoms with Crippen molar-refractivity contribution in [3.05, 3.63) is 65.9 Å². The molecule has 37 heavy (non-hydrogen) atoms. The quantitative estimate of drug-likeness (QED) is 0.433. The number of hydrogen-bond acceptors (Lipinski definition) is 7. The molecule has 0 radical (unpaired) electrons. The lowest BCUT2D eigenvalue weighted by Crippen LogP contribution is -2.48. The Labute approximate surface area is 216 Å². The Kier molecular flexibility index (Phi) is 8.22. The summed E-state index contributed by atoms with van der Waals surface area (Å²) in [6.07, 6.45) is 0.276. The summed E-state index contributed by atoms with van der Waals surface area (Å²) in [6.45, 7) is 6.68. The van der Waals surface area contributed by atoms with Gasteiger partial charge in [-0.15, -0.1) is 0 Å². The van der Waals surface area contributed by atoms with Crippen LogP contribution in [0.15, 0.2) is 54.6 Å². The smallest absolute Gasteiger partial charge is 0.358 e. The molecule has 4 rings (SSSR count). The topological polar surface area (TPSA) is 94.0 Å². The van der Waals surface area contributed by atoms with Crippen LogP contribution in [0.25, 0.3) is 16.9 Å². The molecule has 1 saturated heterocycles. The van der Waals surface area contributed by atoms with E-state index in [1.165, 1.54) is 7.11 Å². The molecule has 3 aromatic rings. The van der Waals surface area contributed by atoms with Crippen molar-refractivity contribution in [3.8, 4) is 16.9 Å². The first kappa shape index (κ1) is 25.9. The van der Waals surface area contributed by atoms with Gasteiger partial charge in [0.15, 0.2) is 5.69 Å². The molecule has 1 fully saturated rings. The van der Waals surface area contributed by atoms with E-state index in [1.54, 1.807) is 22.6 Å². The predicted molar refractivity (Wildman–Crippen MR) is 140 cm³/mol. The normalized spacial score (nSPS) is 13.4. The first-order valence-electron chi connectivity index (χ1n) is 12.4. The number of aryl methyl sites for hydroxylation is 1. The van der Waals surface area contributed by atoms with Crippen LogP contribution < -0.4 is 4.90 Å². The van der Waals surface area contributed by atoms with Gasteiger partial charge in [0.2, 0.25) is 5.91 Å². The summed E-state index contributed by atoms with van der Waals surface area (Å²) in [5.74, 6) is -0.848. The number of amides is 1. The van der Waals surface area contributed by atoms with Gasteiger partial charge < -0.3 is 19.3 Å². The summed E-state index contributed by atoms with van der Waals surface area (Å²) in [4.78, 5) is 40.2. The second-order valence-corrected chi connectivity index (χ2v) is 8.82. The molecule has 1 aromatic heterocycles. The van der Waals surface area contributed by atoms with Crippen LogP contribution in [-0.2, 0) is 19.1 Å². The van der Waals surface area contributed by atoms with Crippen LogP contribution in [0.1, 0.15) is 35.8 Å². The summed E-state index contributed by atoms with van der Waals surface area (Å²) >= 11 is 0. The van der Waals surface area contributed by atoms with E-state index in [0.717, 1.165) is 28.2 Å². The monoisotopic (exact) mass is 504 g/mol. The van der Waals surface area contributed by atoms with Gasteiger partial charge in [0, 0.05) is 43.9 Å². The molecule has 1 amide bonds. The van der Waals surface area contributed by atoms with Gasteiger partial charge in [0.1, 0.15) is 0 Å². The number of rotatable bonds is 8. The summed E-state index contributed by atoms with van der Waals surface area (Å²) in [7, 11) is 1.33.